The van der Waals surface area contributed by atoms with Crippen LogP contribution in [0.3, 0.4) is 0 Å². The van der Waals surface area contributed by atoms with Crippen molar-refractivity contribution in [3.63, 3.8) is 0 Å². The van der Waals surface area contributed by atoms with Crippen molar-refractivity contribution >= 4 is 33.5 Å². The summed E-state index contributed by atoms with van der Waals surface area (Å²) in [7, 11) is 3.62. The van der Waals surface area contributed by atoms with Gasteiger partial charge in [-0.15, -0.1) is 0 Å². The Balaban J connectivity index is 1.13. The quantitative estimate of drug-likeness (QED) is 0.701. The maximum Gasteiger partial charge on any atom is 0.317 e. The number of fused-ring (bicyclic) bond motifs is 1. The number of benzene rings is 1. The van der Waals surface area contributed by atoms with Gasteiger partial charge >= 0.3 is 6.03 Å². The molecule has 1 atom stereocenters. The molecule has 3 aliphatic rings. The highest BCUT2D eigenvalue weighted by atomic mass is 32.1. The number of amides is 2. The first-order valence-electron chi connectivity index (χ1n) is 12.4. The van der Waals surface area contributed by atoms with Gasteiger partial charge in [0, 0.05) is 51.2 Å². The zero-order valence-corrected chi connectivity index (χ0v) is 20.3. The predicted molar refractivity (Wildman–Crippen MR) is 132 cm³/mol. The van der Waals surface area contributed by atoms with Gasteiger partial charge in [-0.3, -0.25) is 4.90 Å². The summed E-state index contributed by atoms with van der Waals surface area (Å²) in [5.74, 6) is 2.87. The van der Waals surface area contributed by atoms with Crippen molar-refractivity contribution < 1.29 is 4.79 Å². The largest absolute Gasteiger partial charge is 0.349 e. The lowest BCUT2D eigenvalue weighted by atomic mass is 9.84. The molecule has 3 fully saturated rings. The van der Waals surface area contributed by atoms with E-state index in [1.165, 1.54) is 61.1 Å². The van der Waals surface area contributed by atoms with Crippen LogP contribution >= 0.6 is 11.5 Å². The molecule has 6 nitrogen and oxygen atoms in total. The molecule has 1 N–H and O–H groups in total. The molecule has 2 saturated carbocycles. The lowest BCUT2D eigenvalue weighted by molar-refractivity contribution is 0.180. The van der Waals surface area contributed by atoms with Crippen molar-refractivity contribution in [3.8, 4) is 0 Å². The second-order valence-electron chi connectivity index (χ2n) is 10.3. The van der Waals surface area contributed by atoms with Gasteiger partial charge in [-0.05, 0) is 87.0 Å². The molecule has 2 aliphatic carbocycles. The molecule has 174 valence electrons. The molecule has 5 rings (SSSR count). The van der Waals surface area contributed by atoms with Gasteiger partial charge in [0.15, 0.2) is 5.82 Å². The molecular weight excluding hydrogens is 418 g/mol. The third-order valence-electron chi connectivity index (χ3n) is 7.73. The lowest BCUT2D eigenvalue weighted by Gasteiger charge is -2.43. The number of nitrogens with one attached hydrogen (secondary N) is 1. The highest BCUT2D eigenvalue weighted by Gasteiger charge is 2.40. The normalized spacial score (nSPS) is 26.9. The smallest absolute Gasteiger partial charge is 0.317 e. The summed E-state index contributed by atoms with van der Waals surface area (Å²) in [6.07, 6.45) is 8.79. The van der Waals surface area contributed by atoms with Gasteiger partial charge < -0.3 is 15.1 Å². The summed E-state index contributed by atoms with van der Waals surface area (Å²) >= 11 is 1.64. The number of hydrogen-bond donors (Lipinski definition) is 1. The maximum atomic E-state index is 11.9. The second kappa shape index (κ2) is 9.56. The molecule has 0 spiro atoms. The molecule has 7 heteroatoms. The minimum Gasteiger partial charge on any atom is -0.349 e. The molecular formula is C25H37N5OS. The van der Waals surface area contributed by atoms with Gasteiger partial charge in [-0.25, -0.2) is 4.79 Å². The Bertz CT molecular complexity index is 918. The first-order chi connectivity index (χ1) is 15.6. The first kappa shape index (κ1) is 22.0. The zero-order chi connectivity index (χ0) is 22.1. The Kier molecular flexibility index (Phi) is 6.56. The number of urea groups is 1. The summed E-state index contributed by atoms with van der Waals surface area (Å²) in [4.78, 5) is 18.9. The van der Waals surface area contributed by atoms with E-state index in [0.717, 1.165) is 37.8 Å². The molecule has 2 aromatic rings. The van der Waals surface area contributed by atoms with Crippen molar-refractivity contribution in [2.45, 2.75) is 57.0 Å². The van der Waals surface area contributed by atoms with Crippen LogP contribution in [0.2, 0.25) is 0 Å². The van der Waals surface area contributed by atoms with Crippen LogP contribution in [-0.4, -0.2) is 72.6 Å². The van der Waals surface area contributed by atoms with E-state index in [-0.39, 0.29) is 6.03 Å². The van der Waals surface area contributed by atoms with E-state index >= 15 is 0 Å². The second-order valence-corrected chi connectivity index (χ2v) is 11.1. The number of carbonyl (C=O) groups is 1. The molecule has 2 amide bonds. The van der Waals surface area contributed by atoms with Crippen LogP contribution in [0.25, 0.3) is 10.1 Å². The summed E-state index contributed by atoms with van der Waals surface area (Å²) in [5, 5.41) is 4.49. The highest BCUT2D eigenvalue weighted by molar-refractivity contribution is 7.13. The van der Waals surface area contributed by atoms with E-state index in [0.29, 0.717) is 12.1 Å². The van der Waals surface area contributed by atoms with Gasteiger partial charge in [0.05, 0.1) is 4.70 Å². The number of aromatic nitrogens is 1. The van der Waals surface area contributed by atoms with Crippen molar-refractivity contribution in [1.82, 2.24) is 19.5 Å². The Morgan fingerprint density at radius 3 is 2.66 bits per heavy atom. The van der Waals surface area contributed by atoms with E-state index in [1.807, 2.05) is 14.1 Å². The van der Waals surface area contributed by atoms with E-state index in [2.05, 4.69) is 39.4 Å². The predicted octanol–water partition coefficient (Wildman–Crippen LogP) is 4.42. The van der Waals surface area contributed by atoms with Gasteiger partial charge in [-0.2, -0.15) is 4.37 Å². The molecule has 1 aromatic heterocycles. The zero-order valence-electron chi connectivity index (χ0n) is 19.5. The lowest BCUT2D eigenvalue weighted by Crippen LogP contribution is -2.54. The summed E-state index contributed by atoms with van der Waals surface area (Å²) in [5.41, 5.74) is 0. The van der Waals surface area contributed by atoms with Gasteiger partial charge in [-0.1, -0.05) is 12.1 Å². The fourth-order valence-electron chi connectivity index (χ4n) is 5.56. The number of nitrogens with zero attached hydrogens (tertiary/aromatic N) is 4. The summed E-state index contributed by atoms with van der Waals surface area (Å²) in [6.45, 7) is 4.64. The molecule has 1 saturated heterocycles. The third-order valence-corrected chi connectivity index (χ3v) is 8.55. The molecule has 32 heavy (non-hydrogen) atoms. The Morgan fingerprint density at radius 2 is 1.91 bits per heavy atom. The Morgan fingerprint density at radius 1 is 1.12 bits per heavy atom. The Labute approximate surface area is 196 Å². The van der Waals surface area contributed by atoms with Crippen LogP contribution in [0.15, 0.2) is 24.3 Å². The van der Waals surface area contributed by atoms with Crippen molar-refractivity contribution in [1.29, 1.82) is 0 Å². The van der Waals surface area contributed by atoms with Gasteiger partial charge in [0.2, 0.25) is 0 Å². The van der Waals surface area contributed by atoms with Crippen LogP contribution in [0.4, 0.5) is 10.6 Å². The van der Waals surface area contributed by atoms with E-state index in [9.17, 15) is 4.79 Å². The van der Waals surface area contributed by atoms with Crippen LogP contribution in [0.5, 0.6) is 0 Å². The van der Waals surface area contributed by atoms with E-state index in [1.54, 1.807) is 16.4 Å². The summed E-state index contributed by atoms with van der Waals surface area (Å²) < 4.78 is 6.18. The maximum absolute atomic E-state index is 11.9. The average Bonchev–Trinajstić information content (AvgIpc) is 3.57. The fourth-order valence-corrected chi connectivity index (χ4v) is 6.35. The average molecular weight is 456 g/mol. The minimum atomic E-state index is 0.0466. The molecule has 0 bridgehead atoms. The summed E-state index contributed by atoms with van der Waals surface area (Å²) in [6, 6.07) is 9.71. The van der Waals surface area contributed by atoms with E-state index < -0.39 is 0 Å². The Hall–Kier alpha value is -1.86. The molecule has 2 heterocycles. The SMILES string of the molecule is CN(C)C(=O)N[C@H]1CC[C@H](CCN2CCN(c3nsc4ccccc34)[C@H](C3CC3)C2)CC1. The molecule has 1 aliphatic heterocycles. The number of hydrogen-bond acceptors (Lipinski definition) is 5. The van der Waals surface area contributed by atoms with Crippen molar-refractivity contribution in [3.05, 3.63) is 24.3 Å². The minimum absolute atomic E-state index is 0.0466. The van der Waals surface area contributed by atoms with Crippen molar-refractivity contribution in [2.24, 2.45) is 11.8 Å². The van der Waals surface area contributed by atoms with Crippen LogP contribution in [0.1, 0.15) is 44.9 Å². The van der Waals surface area contributed by atoms with Crippen LogP contribution in [0, 0.1) is 11.8 Å². The standard InChI is InChI=1S/C25H37N5OS/c1-28(2)25(31)26-20-11-7-18(8-12-20)13-14-29-15-16-30(22(17-29)19-9-10-19)24-21-5-3-4-6-23(21)32-27-24/h3-6,18-20,22H,7-17H2,1-2H3,(H,26,31)/t18-,20-,22-/m0/s1. The monoisotopic (exact) mass is 455 g/mol. The highest BCUT2D eigenvalue weighted by Crippen LogP contribution is 2.41. The van der Waals surface area contributed by atoms with E-state index in [4.69, 9.17) is 4.37 Å². The van der Waals surface area contributed by atoms with Crippen LogP contribution in [-0.2, 0) is 0 Å². The number of anilines is 1. The van der Waals surface area contributed by atoms with Crippen molar-refractivity contribution in [2.75, 3.05) is 45.2 Å². The number of piperazine rings is 1. The van der Waals surface area contributed by atoms with Crippen LogP contribution < -0.4 is 10.2 Å². The van der Waals surface area contributed by atoms with Gasteiger partial charge in [0.25, 0.3) is 0 Å². The molecule has 1 aromatic carbocycles. The first-order valence-corrected chi connectivity index (χ1v) is 13.2. The number of rotatable bonds is 6. The third kappa shape index (κ3) is 4.88. The fraction of sp³-hybridized carbons (Fsp3) is 0.680. The molecule has 0 unspecified atom stereocenters. The molecule has 0 radical (unpaired) electrons. The topological polar surface area (TPSA) is 51.7 Å². The van der Waals surface area contributed by atoms with Gasteiger partial charge in [0.1, 0.15) is 0 Å². The number of carbonyl (C=O) groups excluding carboxylic acids is 1.